The van der Waals surface area contributed by atoms with Crippen molar-refractivity contribution in [2.75, 3.05) is 19.3 Å². The summed E-state index contributed by atoms with van der Waals surface area (Å²) in [5.41, 5.74) is 0. The van der Waals surface area contributed by atoms with Crippen LogP contribution in [0.4, 0.5) is 0 Å². The van der Waals surface area contributed by atoms with Crippen LogP contribution in [0.1, 0.15) is 19.3 Å². The molecule has 1 rings (SSSR count). The van der Waals surface area contributed by atoms with Crippen molar-refractivity contribution < 1.29 is 0 Å². The van der Waals surface area contributed by atoms with Crippen LogP contribution >= 0.6 is 11.0 Å². The summed E-state index contributed by atoms with van der Waals surface area (Å²) in [5.74, 6) is 1.22. The summed E-state index contributed by atoms with van der Waals surface area (Å²) >= 11 is 5.19. The fourth-order valence-corrected chi connectivity index (χ4v) is 4.14. The lowest BCUT2D eigenvalue weighted by atomic mass is 10.1. The maximum absolute atomic E-state index is 5.19. The summed E-state index contributed by atoms with van der Waals surface area (Å²) in [7, 11) is 3.92. The molecule has 1 heterocycles. The second-order valence-corrected chi connectivity index (χ2v) is 7.91. The van der Waals surface area contributed by atoms with Gasteiger partial charge < -0.3 is 5.32 Å². The number of hydrogen-bond donors (Lipinski definition) is 2. The van der Waals surface area contributed by atoms with E-state index >= 15 is 0 Å². The van der Waals surface area contributed by atoms with Crippen molar-refractivity contribution in [3.63, 3.8) is 0 Å². The van der Waals surface area contributed by atoms with Gasteiger partial charge in [-0.25, -0.2) is 0 Å². The van der Waals surface area contributed by atoms with Crippen LogP contribution in [0.5, 0.6) is 0 Å². The summed E-state index contributed by atoms with van der Waals surface area (Å²) in [6.45, 7) is 1.13. The van der Waals surface area contributed by atoms with Crippen LogP contribution in [-0.4, -0.2) is 25.4 Å². The van der Waals surface area contributed by atoms with E-state index in [1.807, 2.05) is 7.05 Å². The van der Waals surface area contributed by atoms with Gasteiger partial charge in [0.05, 0.1) is 0 Å². The molecule has 2 atom stereocenters. The molecule has 12 heavy (non-hydrogen) atoms. The van der Waals surface area contributed by atoms with Crippen LogP contribution in [-0.2, 0) is 19.7 Å². The van der Waals surface area contributed by atoms with Crippen molar-refractivity contribution >= 4 is 30.7 Å². The van der Waals surface area contributed by atoms with Crippen molar-refractivity contribution in [1.29, 1.82) is 0 Å². The molecule has 72 valence electrons. The first kappa shape index (κ1) is 10.9. The largest absolute Gasteiger partial charge is 0.320 e. The fraction of sp³-hybridized carbons (Fsp3) is 1.00. The molecule has 1 aliphatic heterocycles. The maximum atomic E-state index is 5.19. The third kappa shape index (κ3) is 4.18. The second kappa shape index (κ2) is 6.32. The van der Waals surface area contributed by atoms with E-state index in [0.717, 1.165) is 6.54 Å². The Labute approximate surface area is 85.4 Å². The van der Waals surface area contributed by atoms with E-state index in [-0.39, 0.29) is 8.49 Å². The molecule has 0 aromatic heterocycles. The molecule has 1 saturated heterocycles. The lowest BCUT2D eigenvalue weighted by molar-refractivity contribution is 0.531. The highest BCUT2D eigenvalue weighted by Crippen LogP contribution is 2.17. The summed E-state index contributed by atoms with van der Waals surface area (Å²) in [6.07, 6.45) is 3.81. The minimum atomic E-state index is 0.155. The summed E-state index contributed by atoms with van der Waals surface area (Å²) in [5, 5.41) is 3.16. The highest BCUT2D eigenvalue weighted by molar-refractivity contribution is 8.82. The van der Waals surface area contributed by atoms with Crippen LogP contribution in [0.25, 0.3) is 0 Å². The molecule has 0 spiro atoms. The van der Waals surface area contributed by atoms with Gasteiger partial charge in [-0.3, -0.25) is 4.72 Å². The maximum Gasteiger partial charge on any atom is 0.0188 e. The molecule has 0 amide bonds. The highest BCUT2D eigenvalue weighted by atomic mass is 33.3. The Morgan fingerprint density at radius 2 is 2.58 bits per heavy atom. The van der Waals surface area contributed by atoms with Gasteiger partial charge in [-0.1, -0.05) is 0 Å². The van der Waals surface area contributed by atoms with Gasteiger partial charge in [-0.2, -0.15) is 0 Å². The van der Waals surface area contributed by atoms with Crippen LogP contribution in [0.3, 0.4) is 0 Å². The summed E-state index contributed by atoms with van der Waals surface area (Å²) in [6, 6.07) is 0.704. The average molecular weight is 224 g/mol. The van der Waals surface area contributed by atoms with Crippen molar-refractivity contribution in [2.45, 2.75) is 25.3 Å². The molecular weight excluding hydrogens is 208 g/mol. The van der Waals surface area contributed by atoms with Gasteiger partial charge in [-0.15, -0.1) is 0 Å². The first-order valence-electron chi connectivity index (χ1n) is 4.28. The monoisotopic (exact) mass is 224 g/mol. The smallest absolute Gasteiger partial charge is 0.0188 e. The molecule has 5 heteroatoms. The zero-order valence-electron chi connectivity index (χ0n) is 7.34. The number of rotatable bonds is 4. The number of nitrogens with one attached hydrogen (secondary N) is 2. The zero-order valence-corrected chi connectivity index (χ0v) is 9.79. The Morgan fingerprint density at radius 3 is 3.17 bits per heavy atom. The molecule has 0 saturated carbocycles. The minimum Gasteiger partial charge on any atom is -0.320 e. The van der Waals surface area contributed by atoms with Gasteiger partial charge in [0.2, 0.25) is 0 Å². The molecule has 0 bridgehead atoms. The molecule has 0 aliphatic carbocycles. The van der Waals surface area contributed by atoms with Gasteiger partial charge in [0.1, 0.15) is 0 Å². The van der Waals surface area contributed by atoms with E-state index < -0.39 is 0 Å². The van der Waals surface area contributed by atoms with Crippen molar-refractivity contribution in [2.24, 2.45) is 0 Å². The highest BCUT2D eigenvalue weighted by Gasteiger charge is 2.14. The van der Waals surface area contributed by atoms with Crippen LogP contribution < -0.4 is 10.0 Å². The van der Waals surface area contributed by atoms with Crippen LogP contribution in [0.15, 0.2) is 0 Å². The standard InChI is InChI=1S/C7H16N2S3/c1-8-5-2-3-7-4-6-12(10)11-9-7/h7-9H,2-6H2,1H3. The van der Waals surface area contributed by atoms with E-state index in [4.69, 9.17) is 11.2 Å². The SMILES string of the molecule is CNCCCC1CCS(=S)SN1. The van der Waals surface area contributed by atoms with E-state index in [2.05, 4.69) is 10.0 Å². The van der Waals surface area contributed by atoms with Crippen molar-refractivity contribution in [1.82, 2.24) is 10.0 Å². The van der Waals surface area contributed by atoms with E-state index in [9.17, 15) is 0 Å². The molecule has 2 N–H and O–H groups in total. The lowest BCUT2D eigenvalue weighted by Gasteiger charge is -2.23. The van der Waals surface area contributed by atoms with Gasteiger partial charge in [0.25, 0.3) is 0 Å². The third-order valence-electron chi connectivity index (χ3n) is 1.92. The van der Waals surface area contributed by atoms with Gasteiger partial charge >= 0.3 is 0 Å². The first-order chi connectivity index (χ1) is 5.83. The van der Waals surface area contributed by atoms with Gasteiger partial charge in [0.15, 0.2) is 0 Å². The average Bonchev–Trinajstić information content (AvgIpc) is 2.09. The zero-order chi connectivity index (χ0) is 8.81. The predicted molar refractivity (Wildman–Crippen MR) is 61.9 cm³/mol. The topological polar surface area (TPSA) is 24.1 Å². The number of hydrogen-bond acceptors (Lipinski definition) is 4. The molecule has 1 aliphatic rings. The second-order valence-electron chi connectivity index (χ2n) is 2.94. The first-order valence-corrected chi connectivity index (χ1v) is 7.94. The lowest BCUT2D eigenvalue weighted by Crippen LogP contribution is -2.30. The van der Waals surface area contributed by atoms with Gasteiger partial charge in [-0.05, 0) is 63.5 Å². The molecule has 2 unspecified atom stereocenters. The molecule has 2 nitrogen and oxygen atoms in total. The Bertz CT molecular complexity index is 142. The third-order valence-corrected chi connectivity index (χ3v) is 5.56. The van der Waals surface area contributed by atoms with Crippen LogP contribution in [0.2, 0.25) is 0 Å². The fourth-order valence-electron chi connectivity index (χ4n) is 1.19. The van der Waals surface area contributed by atoms with E-state index in [0.29, 0.717) is 6.04 Å². The Morgan fingerprint density at radius 1 is 1.75 bits per heavy atom. The van der Waals surface area contributed by atoms with E-state index in [1.54, 1.807) is 11.0 Å². The summed E-state index contributed by atoms with van der Waals surface area (Å²) < 4.78 is 3.42. The Hall–Kier alpha value is 0.840. The van der Waals surface area contributed by atoms with E-state index in [1.165, 1.54) is 25.0 Å². The van der Waals surface area contributed by atoms with Crippen molar-refractivity contribution in [3.8, 4) is 0 Å². The molecule has 0 aromatic carbocycles. The Balaban J connectivity index is 2.05. The predicted octanol–water partition coefficient (Wildman–Crippen LogP) is 0.991. The molecule has 0 aromatic rings. The van der Waals surface area contributed by atoms with Crippen molar-refractivity contribution in [3.05, 3.63) is 0 Å². The van der Waals surface area contributed by atoms with Gasteiger partial charge in [0, 0.05) is 11.8 Å². The Kier molecular flexibility index (Phi) is 5.75. The normalized spacial score (nSPS) is 30.4. The molecule has 1 fully saturated rings. The summed E-state index contributed by atoms with van der Waals surface area (Å²) in [4.78, 5) is 0. The molecule has 0 radical (unpaired) electrons. The minimum absolute atomic E-state index is 0.155. The quantitative estimate of drug-likeness (QED) is 0.422. The molecular formula is C7H16N2S3. The van der Waals surface area contributed by atoms with Crippen LogP contribution in [0, 0.1) is 0 Å².